The quantitative estimate of drug-likeness (QED) is 0.413. The van der Waals surface area contributed by atoms with E-state index in [2.05, 4.69) is 21.0 Å². The standard InChI is InChI=1S/C3H5.BF3O3.K/c1-2-3-1;2-5-1(6-3)7-4;/h1H,2-3H2;;/q-1;;+1. The predicted molar refractivity (Wildman–Crippen MR) is 25.9 cm³/mol. The van der Waals surface area contributed by atoms with Crippen LogP contribution in [-0.2, 0) is 14.6 Å². The molecule has 0 unspecified atom stereocenters. The molecule has 8 heteroatoms. The van der Waals surface area contributed by atoms with Gasteiger partial charge in [-0.15, -0.1) is 0 Å². The average molecular weight is 196 g/mol. The Morgan fingerprint density at radius 3 is 1.27 bits per heavy atom. The van der Waals surface area contributed by atoms with Gasteiger partial charge in [-0.25, -0.2) is 12.8 Å². The van der Waals surface area contributed by atoms with Crippen molar-refractivity contribution in [1.82, 2.24) is 0 Å². The summed E-state index contributed by atoms with van der Waals surface area (Å²) in [7, 11) is -2.51. The smallest absolute Gasteiger partial charge is 0.333 e. The third kappa shape index (κ3) is 14.3. The van der Waals surface area contributed by atoms with Crippen LogP contribution in [0.4, 0.5) is 13.6 Å². The van der Waals surface area contributed by atoms with Gasteiger partial charge < -0.3 is 6.42 Å². The molecule has 1 fully saturated rings. The van der Waals surface area contributed by atoms with Gasteiger partial charge in [0, 0.05) is 0 Å². The van der Waals surface area contributed by atoms with Crippen LogP contribution in [0.15, 0.2) is 0 Å². The van der Waals surface area contributed by atoms with E-state index in [1.807, 2.05) is 0 Å². The van der Waals surface area contributed by atoms with Crippen LogP contribution in [0.2, 0.25) is 0 Å². The van der Waals surface area contributed by atoms with Crippen LogP contribution in [0, 0.1) is 6.42 Å². The van der Waals surface area contributed by atoms with E-state index in [1.54, 1.807) is 0 Å². The molecule has 1 rings (SSSR count). The summed E-state index contributed by atoms with van der Waals surface area (Å²) in [4.78, 5) is 7.06. The van der Waals surface area contributed by atoms with Gasteiger partial charge in [-0.3, -0.25) is 0 Å². The van der Waals surface area contributed by atoms with E-state index in [9.17, 15) is 13.6 Å². The van der Waals surface area contributed by atoms with Crippen LogP contribution in [0.25, 0.3) is 0 Å². The normalized spacial score (nSPS) is 12.3. The second-order valence-electron chi connectivity index (χ2n) is 1.42. The first-order valence-corrected chi connectivity index (χ1v) is 2.49. The molecule has 3 nitrogen and oxygen atoms in total. The van der Waals surface area contributed by atoms with Crippen LogP contribution in [0.5, 0.6) is 0 Å². The second kappa shape index (κ2) is 11.4. The van der Waals surface area contributed by atoms with Crippen LogP contribution < -0.4 is 51.4 Å². The minimum atomic E-state index is -2.51. The molecule has 0 aromatic rings. The fourth-order valence-electron chi connectivity index (χ4n) is 0.0412. The minimum Gasteiger partial charge on any atom is -0.333 e. The van der Waals surface area contributed by atoms with Crippen LogP contribution in [-0.4, -0.2) is 7.32 Å². The van der Waals surface area contributed by atoms with Gasteiger partial charge in [0.2, 0.25) is 0 Å². The zero-order chi connectivity index (χ0) is 7.82. The summed E-state index contributed by atoms with van der Waals surface area (Å²) < 4.78 is 31.3. The molecule has 0 aromatic carbocycles. The van der Waals surface area contributed by atoms with E-state index in [1.165, 1.54) is 12.8 Å². The first-order chi connectivity index (χ1) is 4.85. The van der Waals surface area contributed by atoms with Gasteiger partial charge in [-0.1, -0.05) is 13.6 Å². The first-order valence-electron chi connectivity index (χ1n) is 2.49. The van der Waals surface area contributed by atoms with Crippen molar-refractivity contribution in [1.29, 1.82) is 0 Å². The molecule has 0 bridgehead atoms. The van der Waals surface area contributed by atoms with Crippen LogP contribution in [0.1, 0.15) is 12.8 Å². The summed E-state index contributed by atoms with van der Waals surface area (Å²) >= 11 is 0. The topological polar surface area (TPSA) is 27.7 Å². The van der Waals surface area contributed by atoms with Crippen molar-refractivity contribution in [3.8, 4) is 0 Å². The third-order valence-corrected chi connectivity index (χ3v) is 0.507. The number of hydrogen-bond donors (Lipinski definition) is 0. The van der Waals surface area contributed by atoms with Crippen molar-refractivity contribution in [2.24, 2.45) is 0 Å². The molecule has 0 aromatic heterocycles. The fourth-order valence-corrected chi connectivity index (χ4v) is 0.0412. The van der Waals surface area contributed by atoms with Gasteiger partial charge >= 0.3 is 58.7 Å². The fraction of sp³-hybridized carbons (Fsp3) is 0.667. The van der Waals surface area contributed by atoms with Gasteiger partial charge in [0.1, 0.15) is 0 Å². The molecule has 0 spiro atoms. The minimum absolute atomic E-state index is 0. The third-order valence-electron chi connectivity index (χ3n) is 0.507. The second-order valence-corrected chi connectivity index (χ2v) is 1.42. The molecular formula is C3H5BF3KO3. The Balaban J connectivity index is 0. The van der Waals surface area contributed by atoms with Gasteiger partial charge in [0.15, 0.2) is 0 Å². The Bertz CT molecular complexity index is 66.6. The van der Waals surface area contributed by atoms with Gasteiger partial charge in [0.05, 0.1) is 0 Å². The number of rotatable bonds is 3. The Morgan fingerprint density at radius 1 is 1.00 bits per heavy atom. The maximum absolute atomic E-state index is 10.4. The SMILES string of the molecule is FOB(OF)OF.[CH-]1CC1.[K+]. The Kier molecular flexibility index (Phi) is 15.4. The molecule has 1 aliphatic rings. The zero-order valence-electron chi connectivity index (χ0n) is 5.93. The van der Waals surface area contributed by atoms with Crippen LogP contribution in [0.3, 0.4) is 0 Å². The predicted octanol–water partition coefficient (Wildman–Crippen LogP) is -1.34. The summed E-state index contributed by atoms with van der Waals surface area (Å²) in [6.07, 6.45) is 5.00. The molecule has 0 atom stereocenters. The van der Waals surface area contributed by atoms with Gasteiger partial charge in [-0.05, 0) is 0 Å². The van der Waals surface area contributed by atoms with Crippen molar-refractivity contribution in [3.63, 3.8) is 0 Å². The largest absolute Gasteiger partial charge is 1.00 e. The molecule has 1 aliphatic carbocycles. The van der Waals surface area contributed by atoms with E-state index in [0.717, 1.165) is 0 Å². The molecule has 60 valence electrons. The molecule has 0 amide bonds. The van der Waals surface area contributed by atoms with E-state index in [0.29, 0.717) is 0 Å². The summed E-state index contributed by atoms with van der Waals surface area (Å²) in [6, 6.07) is 0. The molecule has 0 N–H and O–H groups in total. The van der Waals surface area contributed by atoms with E-state index < -0.39 is 7.32 Å². The average Bonchev–Trinajstić information content (AvgIpc) is 2.76. The maximum atomic E-state index is 10.4. The molecule has 0 radical (unpaired) electrons. The van der Waals surface area contributed by atoms with E-state index in [4.69, 9.17) is 0 Å². The molecule has 0 aliphatic heterocycles. The maximum Gasteiger partial charge on any atom is 1.00 e. The number of halogens is 3. The molecular weight excluding hydrogens is 191 g/mol. The molecule has 0 saturated heterocycles. The Morgan fingerprint density at radius 2 is 1.27 bits per heavy atom. The van der Waals surface area contributed by atoms with Crippen LogP contribution >= 0.6 is 0 Å². The van der Waals surface area contributed by atoms with E-state index in [-0.39, 0.29) is 51.4 Å². The summed E-state index contributed by atoms with van der Waals surface area (Å²) in [5.74, 6) is 0. The van der Waals surface area contributed by atoms with Crippen molar-refractivity contribution in [2.45, 2.75) is 12.8 Å². The van der Waals surface area contributed by atoms with Crippen molar-refractivity contribution < 1.29 is 79.5 Å². The Hall–Kier alpha value is 1.37. The monoisotopic (exact) mass is 196 g/mol. The zero-order valence-corrected chi connectivity index (χ0v) is 9.05. The summed E-state index contributed by atoms with van der Waals surface area (Å²) in [5, 5.41) is 0. The van der Waals surface area contributed by atoms with Gasteiger partial charge in [0.25, 0.3) is 0 Å². The summed E-state index contributed by atoms with van der Waals surface area (Å²) in [5.41, 5.74) is 0. The first kappa shape index (κ1) is 14.9. The van der Waals surface area contributed by atoms with Crippen molar-refractivity contribution in [2.75, 3.05) is 0 Å². The number of hydrogen-bond acceptors (Lipinski definition) is 3. The van der Waals surface area contributed by atoms with Crippen molar-refractivity contribution in [3.05, 3.63) is 6.42 Å². The molecule has 0 heterocycles. The molecule has 11 heavy (non-hydrogen) atoms. The molecule has 1 saturated carbocycles. The van der Waals surface area contributed by atoms with Gasteiger partial charge in [-0.2, -0.15) is 14.6 Å². The van der Waals surface area contributed by atoms with Crippen molar-refractivity contribution >= 4 is 7.32 Å². The van der Waals surface area contributed by atoms with E-state index >= 15 is 0 Å². The Labute approximate surface area is 105 Å². The summed E-state index contributed by atoms with van der Waals surface area (Å²) in [6.45, 7) is 0.